The van der Waals surface area contributed by atoms with Crippen molar-refractivity contribution in [1.29, 1.82) is 0 Å². The molecule has 1 aromatic heterocycles. The average molecular weight is 291 g/mol. The minimum atomic E-state index is 0.552. The zero-order valence-electron chi connectivity index (χ0n) is 11.6. The summed E-state index contributed by atoms with van der Waals surface area (Å²) in [6.07, 6.45) is 5.02. The van der Waals surface area contributed by atoms with Gasteiger partial charge in [0.25, 0.3) is 0 Å². The first-order valence-corrected chi connectivity index (χ1v) is 7.55. The van der Waals surface area contributed by atoms with E-state index < -0.39 is 0 Å². The van der Waals surface area contributed by atoms with Gasteiger partial charge in [0.2, 0.25) is 5.89 Å². The van der Waals surface area contributed by atoms with E-state index in [2.05, 4.69) is 29.4 Å². The number of rotatable bonds is 5. The number of hydrogen-bond donors (Lipinski definition) is 1. The number of halogens is 1. The molecule has 0 unspecified atom stereocenters. The summed E-state index contributed by atoms with van der Waals surface area (Å²) in [6, 6.07) is 8.74. The normalized spacial score (nSPS) is 21.7. The Kier molecular flexibility index (Phi) is 4.08. The molecule has 1 aromatic carbocycles. The Morgan fingerprint density at radius 3 is 2.95 bits per heavy atom. The molecular weight excluding hydrogens is 272 g/mol. The molecule has 3 rings (SSSR count). The van der Waals surface area contributed by atoms with E-state index in [4.69, 9.17) is 16.0 Å². The fraction of sp³-hybridized carbons (Fsp3) is 0.438. The highest BCUT2D eigenvalue weighted by Crippen LogP contribution is 2.37. The Morgan fingerprint density at radius 1 is 1.40 bits per heavy atom. The van der Waals surface area contributed by atoms with E-state index in [-0.39, 0.29) is 0 Å². The first-order valence-electron chi connectivity index (χ1n) is 7.17. The zero-order valence-corrected chi connectivity index (χ0v) is 12.4. The Bertz CT molecular complexity index is 575. The summed E-state index contributed by atoms with van der Waals surface area (Å²) < 4.78 is 5.59. The van der Waals surface area contributed by atoms with Crippen LogP contribution in [0.2, 0.25) is 5.02 Å². The molecule has 3 nitrogen and oxygen atoms in total. The lowest BCUT2D eigenvalue weighted by atomic mass is 9.76. The lowest BCUT2D eigenvalue weighted by Crippen LogP contribution is -2.39. The van der Waals surface area contributed by atoms with Gasteiger partial charge in [-0.2, -0.15) is 0 Å². The minimum Gasteiger partial charge on any atom is -0.444 e. The third kappa shape index (κ3) is 3.05. The van der Waals surface area contributed by atoms with Crippen molar-refractivity contribution in [2.24, 2.45) is 0 Å². The smallest absolute Gasteiger partial charge is 0.208 e. The minimum absolute atomic E-state index is 0.552. The molecule has 2 aromatic rings. The molecule has 1 heterocycles. The maximum absolute atomic E-state index is 6.03. The van der Waals surface area contributed by atoms with Gasteiger partial charge in [0.1, 0.15) is 5.76 Å². The zero-order chi connectivity index (χ0) is 13.9. The van der Waals surface area contributed by atoms with E-state index in [0.717, 1.165) is 35.9 Å². The highest BCUT2D eigenvalue weighted by atomic mass is 35.5. The fourth-order valence-corrected chi connectivity index (χ4v) is 2.84. The molecule has 0 aliphatic heterocycles. The van der Waals surface area contributed by atoms with Gasteiger partial charge in [0.15, 0.2) is 0 Å². The van der Waals surface area contributed by atoms with Crippen molar-refractivity contribution >= 4 is 11.6 Å². The van der Waals surface area contributed by atoms with E-state index in [1.165, 1.54) is 5.56 Å². The van der Waals surface area contributed by atoms with Crippen LogP contribution in [0.25, 0.3) is 0 Å². The molecule has 0 saturated heterocycles. The molecule has 20 heavy (non-hydrogen) atoms. The molecule has 4 heteroatoms. The largest absolute Gasteiger partial charge is 0.444 e. The monoisotopic (exact) mass is 290 g/mol. The quantitative estimate of drug-likeness (QED) is 0.907. The number of aromatic nitrogens is 1. The number of nitrogens with zero attached hydrogens (tertiary/aromatic N) is 1. The topological polar surface area (TPSA) is 38.1 Å². The predicted molar refractivity (Wildman–Crippen MR) is 79.9 cm³/mol. The summed E-state index contributed by atoms with van der Waals surface area (Å²) in [5, 5.41) is 4.32. The molecule has 1 aliphatic rings. The third-order valence-corrected chi connectivity index (χ3v) is 4.19. The second kappa shape index (κ2) is 5.98. The predicted octanol–water partition coefficient (Wildman–Crippen LogP) is 3.93. The van der Waals surface area contributed by atoms with Gasteiger partial charge < -0.3 is 9.73 Å². The summed E-state index contributed by atoms with van der Waals surface area (Å²) >= 11 is 6.03. The van der Waals surface area contributed by atoms with E-state index in [9.17, 15) is 0 Å². The Morgan fingerprint density at radius 2 is 2.25 bits per heavy atom. The molecule has 0 spiro atoms. The lowest BCUT2D eigenvalue weighted by Gasteiger charge is -2.36. The standard InChI is InChI=1S/C16H19ClN2O/c1-2-15-9-19-16(20-15)10-18-14-7-12(8-14)11-4-3-5-13(17)6-11/h3-6,9,12,14,18H,2,7-8,10H2,1H3. The highest BCUT2D eigenvalue weighted by Gasteiger charge is 2.30. The van der Waals surface area contributed by atoms with Crippen molar-refractivity contribution in [1.82, 2.24) is 10.3 Å². The summed E-state index contributed by atoms with van der Waals surface area (Å²) in [7, 11) is 0. The van der Waals surface area contributed by atoms with Crippen molar-refractivity contribution in [3.63, 3.8) is 0 Å². The van der Waals surface area contributed by atoms with E-state index in [1.807, 2.05) is 18.3 Å². The van der Waals surface area contributed by atoms with Gasteiger partial charge in [0.05, 0.1) is 12.7 Å². The van der Waals surface area contributed by atoms with Crippen molar-refractivity contribution < 1.29 is 4.42 Å². The van der Waals surface area contributed by atoms with Crippen LogP contribution >= 0.6 is 11.6 Å². The Balaban J connectivity index is 1.46. The second-order valence-electron chi connectivity index (χ2n) is 5.38. The Hall–Kier alpha value is -1.32. The van der Waals surface area contributed by atoms with Gasteiger partial charge in [-0.05, 0) is 36.5 Å². The van der Waals surface area contributed by atoms with Gasteiger partial charge >= 0.3 is 0 Å². The SMILES string of the molecule is CCc1cnc(CNC2CC(c3cccc(Cl)c3)C2)o1. The lowest BCUT2D eigenvalue weighted by molar-refractivity contribution is 0.278. The summed E-state index contributed by atoms with van der Waals surface area (Å²) in [5.41, 5.74) is 1.35. The van der Waals surface area contributed by atoms with Gasteiger partial charge in [-0.1, -0.05) is 30.7 Å². The number of oxazole rings is 1. The molecule has 0 bridgehead atoms. The Labute approximate surface area is 124 Å². The number of aryl methyl sites for hydroxylation is 1. The van der Waals surface area contributed by atoms with Crippen molar-refractivity contribution in [2.45, 2.75) is 44.7 Å². The van der Waals surface area contributed by atoms with Crippen LogP contribution in [0.1, 0.15) is 42.9 Å². The van der Waals surface area contributed by atoms with Crippen LogP contribution in [0.3, 0.4) is 0 Å². The summed E-state index contributed by atoms with van der Waals surface area (Å²) in [4.78, 5) is 4.26. The van der Waals surface area contributed by atoms with Crippen LogP contribution < -0.4 is 5.32 Å². The summed E-state index contributed by atoms with van der Waals surface area (Å²) in [6.45, 7) is 2.78. The number of hydrogen-bond acceptors (Lipinski definition) is 3. The van der Waals surface area contributed by atoms with E-state index in [0.29, 0.717) is 18.5 Å². The molecule has 1 aliphatic carbocycles. The molecule has 1 N–H and O–H groups in total. The summed E-state index contributed by atoms with van der Waals surface area (Å²) in [5.74, 6) is 2.36. The molecule has 0 radical (unpaired) electrons. The molecule has 106 valence electrons. The number of nitrogens with one attached hydrogen (secondary N) is 1. The highest BCUT2D eigenvalue weighted by molar-refractivity contribution is 6.30. The first kappa shape index (κ1) is 13.7. The molecular formula is C16H19ClN2O. The van der Waals surface area contributed by atoms with Crippen LogP contribution in [0.5, 0.6) is 0 Å². The maximum atomic E-state index is 6.03. The van der Waals surface area contributed by atoms with E-state index in [1.54, 1.807) is 0 Å². The molecule has 0 atom stereocenters. The maximum Gasteiger partial charge on any atom is 0.208 e. The van der Waals surface area contributed by atoms with Gasteiger partial charge in [0, 0.05) is 17.5 Å². The number of benzene rings is 1. The van der Waals surface area contributed by atoms with Crippen LogP contribution in [0.4, 0.5) is 0 Å². The van der Waals surface area contributed by atoms with Crippen molar-refractivity contribution in [2.75, 3.05) is 0 Å². The van der Waals surface area contributed by atoms with Crippen LogP contribution in [-0.2, 0) is 13.0 Å². The second-order valence-corrected chi connectivity index (χ2v) is 5.81. The molecule has 1 fully saturated rings. The van der Waals surface area contributed by atoms with Gasteiger partial charge in [-0.15, -0.1) is 0 Å². The van der Waals surface area contributed by atoms with Crippen LogP contribution in [0.15, 0.2) is 34.9 Å². The van der Waals surface area contributed by atoms with Gasteiger partial charge in [-0.25, -0.2) is 4.98 Å². The molecule has 0 amide bonds. The third-order valence-electron chi connectivity index (χ3n) is 3.95. The molecule has 1 saturated carbocycles. The van der Waals surface area contributed by atoms with Crippen LogP contribution in [0, 0.1) is 0 Å². The van der Waals surface area contributed by atoms with Crippen LogP contribution in [-0.4, -0.2) is 11.0 Å². The van der Waals surface area contributed by atoms with Crippen molar-refractivity contribution in [3.8, 4) is 0 Å². The van der Waals surface area contributed by atoms with E-state index >= 15 is 0 Å². The average Bonchev–Trinajstić information content (AvgIpc) is 2.85. The fourth-order valence-electron chi connectivity index (χ4n) is 2.64. The first-order chi connectivity index (χ1) is 9.74. The van der Waals surface area contributed by atoms with Crippen molar-refractivity contribution in [3.05, 3.63) is 52.7 Å². The van der Waals surface area contributed by atoms with Gasteiger partial charge in [-0.3, -0.25) is 0 Å².